The Kier molecular flexibility index (Phi) is 5.17. The lowest BCUT2D eigenvalue weighted by Gasteiger charge is -2.31. The second kappa shape index (κ2) is 6.89. The first-order chi connectivity index (χ1) is 10.0. The molecule has 1 N–H and O–H groups in total. The van der Waals surface area contributed by atoms with Gasteiger partial charge in [0.1, 0.15) is 0 Å². The quantitative estimate of drug-likeness (QED) is 0.866. The van der Waals surface area contributed by atoms with Gasteiger partial charge in [-0.15, -0.1) is 0 Å². The number of hydrogen-bond acceptors (Lipinski definition) is 6. The standard InChI is InChI=1S/C14H21N3O3S/c1-4-20-14(19)17-7-5-11(6-8-17)16-13-15-9(2)12(21-13)10(3)18/h11H,4-8H2,1-3H3,(H,15,16). The van der Waals surface area contributed by atoms with Crippen molar-refractivity contribution in [3.63, 3.8) is 0 Å². The van der Waals surface area contributed by atoms with Gasteiger partial charge < -0.3 is 15.0 Å². The summed E-state index contributed by atoms with van der Waals surface area (Å²) >= 11 is 1.40. The molecule has 1 saturated heterocycles. The first-order valence-electron chi connectivity index (χ1n) is 7.17. The average molecular weight is 311 g/mol. The topological polar surface area (TPSA) is 71.5 Å². The van der Waals surface area contributed by atoms with Gasteiger partial charge >= 0.3 is 6.09 Å². The Bertz CT molecular complexity index is 522. The first-order valence-corrected chi connectivity index (χ1v) is 7.99. The first kappa shape index (κ1) is 15.8. The van der Waals surface area contributed by atoms with Crippen molar-refractivity contribution in [2.24, 2.45) is 0 Å². The number of rotatable bonds is 4. The second-order valence-corrected chi connectivity index (χ2v) is 6.09. The molecule has 0 unspecified atom stereocenters. The lowest BCUT2D eigenvalue weighted by molar-refractivity contribution is 0.0981. The molecule has 0 aliphatic carbocycles. The zero-order chi connectivity index (χ0) is 15.4. The van der Waals surface area contributed by atoms with Gasteiger partial charge in [-0.1, -0.05) is 11.3 Å². The predicted octanol–water partition coefficient (Wildman–Crippen LogP) is 2.69. The highest BCUT2D eigenvalue weighted by molar-refractivity contribution is 7.17. The van der Waals surface area contributed by atoms with Crippen LogP contribution in [0.15, 0.2) is 0 Å². The summed E-state index contributed by atoms with van der Waals surface area (Å²) in [5.74, 6) is 0.0511. The molecule has 0 bridgehead atoms. The number of nitrogens with one attached hydrogen (secondary N) is 1. The van der Waals surface area contributed by atoms with E-state index >= 15 is 0 Å². The number of aryl methyl sites for hydroxylation is 1. The fraction of sp³-hybridized carbons (Fsp3) is 0.643. The van der Waals surface area contributed by atoms with E-state index in [0.717, 1.165) is 23.7 Å². The maximum atomic E-state index is 11.6. The highest BCUT2D eigenvalue weighted by atomic mass is 32.1. The molecule has 116 valence electrons. The zero-order valence-electron chi connectivity index (χ0n) is 12.6. The Morgan fingerprint density at radius 1 is 1.43 bits per heavy atom. The lowest BCUT2D eigenvalue weighted by Crippen LogP contribution is -2.42. The molecule has 7 heteroatoms. The molecule has 6 nitrogen and oxygen atoms in total. The van der Waals surface area contributed by atoms with Crippen molar-refractivity contribution in [2.75, 3.05) is 25.0 Å². The van der Waals surface area contributed by atoms with Crippen LogP contribution >= 0.6 is 11.3 Å². The van der Waals surface area contributed by atoms with Gasteiger partial charge in [-0.2, -0.15) is 0 Å². The third-order valence-electron chi connectivity index (χ3n) is 3.46. The molecule has 0 saturated carbocycles. The van der Waals surface area contributed by atoms with E-state index in [-0.39, 0.29) is 17.9 Å². The van der Waals surface area contributed by atoms with Crippen molar-refractivity contribution in [2.45, 2.75) is 39.7 Å². The van der Waals surface area contributed by atoms with Gasteiger partial charge in [-0.25, -0.2) is 9.78 Å². The number of ketones is 1. The molecule has 1 fully saturated rings. The van der Waals surface area contributed by atoms with E-state index < -0.39 is 0 Å². The molecule has 2 heterocycles. The molecular weight excluding hydrogens is 290 g/mol. The van der Waals surface area contributed by atoms with Crippen LogP contribution in [0.25, 0.3) is 0 Å². The third kappa shape index (κ3) is 3.93. The zero-order valence-corrected chi connectivity index (χ0v) is 13.5. The molecule has 1 aromatic heterocycles. The fourth-order valence-electron chi connectivity index (χ4n) is 2.38. The van der Waals surface area contributed by atoms with E-state index in [2.05, 4.69) is 10.3 Å². The molecule has 21 heavy (non-hydrogen) atoms. The highest BCUT2D eigenvalue weighted by Crippen LogP contribution is 2.25. The van der Waals surface area contributed by atoms with Gasteiger partial charge in [0, 0.05) is 26.1 Å². The Morgan fingerprint density at radius 2 is 2.10 bits per heavy atom. The van der Waals surface area contributed by atoms with Crippen LogP contribution < -0.4 is 5.32 Å². The predicted molar refractivity (Wildman–Crippen MR) is 82.1 cm³/mol. The van der Waals surface area contributed by atoms with E-state index in [9.17, 15) is 9.59 Å². The normalized spacial score (nSPS) is 15.9. The molecule has 1 amide bonds. The number of ether oxygens (including phenoxy) is 1. The SMILES string of the molecule is CCOC(=O)N1CCC(Nc2nc(C)c(C(C)=O)s2)CC1. The minimum Gasteiger partial charge on any atom is -0.450 e. The minimum atomic E-state index is -0.236. The largest absolute Gasteiger partial charge is 0.450 e. The van der Waals surface area contributed by atoms with E-state index in [1.165, 1.54) is 11.3 Å². The number of thiazole rings is 1. The lowest BCUT2D eigenvalue weighted by atomic mass is 10.1. The van der Waals surface area contributed by atoms with Gasteiger partial charge in [0.05, 0.1) is 17.2 Å². The van der Waals surface area contributed by atoms with Gasteiger partial charge in [0.15, 0.2) is 10.9 Å². The number of aromatic nitrogens is 1. The van der Waals surface area contributed by atoms with Gasteiger partial charge in [0.2, 0.25) is 0 Å². The average Bonchev–Trinajstić information content (AvgIpc) is 2.81. The maximum Gasteiger partial charge on any atom is 0.409 e. The number of piperidine rings is 1. The molecule has 0 aromatic carbocycles. The molecule has 1 aliphatic rings. The molecule has 0 spiro atoms. The van der Waals surface area contributed by atoms with E-state index in [0.29, 0.717) is 24.6 Å². The van der Waals surface area contributed by atoms with Crippen molar-refractivity contribution < 1.29 is 14.3 Å². The Balaban J connectivity index is 1.87. The van der Waals surface area contributed by atoms with Crippen LogP contribution in [-0.4, -0.2) is 47.5 Å². The molecule has 0 radical (unpaired) electrons. The van der Waals surface area contributed by atoms with Crippen molar-refractivity contribution >= 4 is 28.3 Å². The summed E-state index contributed by atoms with van der Waals surface area (Å²) in [6.07, 6.45) is 1.47. The molecular formula is C14H21N3O3S. The summed E-state index contributed by atoms with van der Waals surface area (Å²) in [5.41, 5.74) is 0.777. The minimum absolute atomic E-state index is 0.0511. The Morgan fingerprint density at radius 3 is 2.62 bits per heavy atom. The Labute approximate surface area is 128 Å². The highest BCUT2D eigenvalue weighted by Gasteiger charge is 2.24. The van der Waals surface area contributed by atoms with E-state index in [1.54, 1.807) is 11.8 Å². The van der Waals surface area contributed by atoms with Crippen LogP contribution in [0.2, 0.25) is 0 Å². The van der Waals surface area contributed by atoms with Crippen molar-refractivity contribution in [1.29, 1.82) is 0 Å². The maximum absolute atomic E-state index is 11.6. The van der Waals surface area contributed by atoms with E-state index in [4.69, 9.17) is 4.74 Å². The summed E-state index contributed by atoms with van der Waals surface area (Å²) in [4.78, 5) is 29.9. The summed E-state index contributed by atoms with van der Waals surface area (Å²) in [7, 11) is 0. The molecule has 2 rings (SSSR count). The van der Waals surface area contributed by atoms with Crippen LogP contribution in [0.1, 0.15) is 42.1 Å². The number of carbonyl (C=O) groups excluding carboxylic acids is 2. The molecule has 1 aliphatic heterocycles. The summed E-state index contributed by atoms with van der Waals surface area (Å²) in [6, 6.07) is 0.279. The summed E-state index contributed by atoms with van der Waals surface area (Å²) in [6.45, 7) is 6.98. The van der Waals surface area contributed by atoms with Gasteiger partial charge in [-0.05, 0) is 26.7 Å². The number of hydrogen-bond donors (Lipinski definition) is 1. The number of amides is 1. The molecule has 0 atom stereocenters. The monoisotopic (exact) mass is 311 g/mol. The second-order valence-electron chi connectivity index (χ2n) is 5.09. The fourth-order valence-corrected chi connectivity index (χ4v) is 3.32. The van der Waals surface area contributed by atoms with Crippen LogP contribution in [0.4, 0.5) is 9.93 Å². The Hall–Kier alpha value is -1.63. The smallest absolute Gasteiger partial charge is 0.409 e. The molecule has 1 aromatic rings. The van der Waals surface area contributed by atoms with Crippen LogP contribution in [0, 0.1) is 6.92 Å². The number of carbonyl (C=O) groups is 2. The number of Topliss-reactive ketones (excluding diaryl/α,β-unsaturated/α-hetero) is 1. The third-order valence-corrected chi connectivity index (χ3v) is 4.65. The number of likely N-dealkylation sites (tertiary alicyclic amines) is 1. The summed E-state index contributed by atoms with van der Waals surface area (Å²) in [5, 5.41) is 4.15. The van der Waals surface area contributed by atoms with Gasteiger partial charge in [-0.3, -0.25) is 4.79 Å². The summed E-state index contributed by atoms with van der Waals surface area (Å²) < 4.78 is 5.00. The van der Waals surface area contributed by atoms with Crippen molar-refractivity contribution in [1.82, 2.24) is 9.88 Å². The van der Waals surface area contributed by atoms with Crippen molar-refractivity contribution in [3.8, 4) is 0 Å². The number of anilines is 1. The van der Waals surface area contributed by atoms with Crippen LogP contribution in [-0.2, 0) is 4.74 Å². The number of nitrogens with zero attached hydrogens (tertiary/aromatic N) is 2. The van der Waals surface area contributed by atoms with Crippen LogP contribution in [0.5, 0.6) is 0 Å². The van der Waals surface area contributed by atoms with Crippen LogP contribution in [0.3, 0.4) is 0 Å². The van der Waals surface area contributed by atoms with Gasteiger partial charge in [0.25, 0.3) is 0 Å². The van der Waals surface area contributed by atoms with Crippen molar-refractivity contribution in [3.05, 3.63) is 10.6 Å². The van der Waals surface area contributed by atoms with E-state index in [1.807, 2.05) is 13.8 Å².